The van der Waals surface area contributed by atoms with Gasteiger partial charge in [-0.15, -0.1) is 0 Å². The van der Waals surface area contributed by atoms with Gasteiger partial charge in [-0.3, -0.25) is 9.55 Å². The fourth-order valence-electron chi connectivity index (χ4n) is 6.54. The van der Waals surface area contributed by atoms with Crippen LogP contribution in [-0.4, -0.2) is 19.5 Å². The van der Waals surface area contributed by atoms with Crippen LogP contribution in [0.4, 0.5) is 0 Å². The topological polar surface area (TPSA) is 56.7 Å². The van der Waals surface area contributed by atoms with Crippen LogP contribution in [0.3, 0.4) is 0 Å². The monoisotopic (exact) mass is 598 g/mol. The van der Waals surface area contributed by atoms with Gasteiger partial charge in [0.1, 0.15) is 16.9 Å². The predicted octanol–water partition coefficient (Wildman–Crippen LogP) is 10.8. The van der Waals surface area contributed by atoms with Crippen molar-refractivity contribution in [3.8, 4) is 39.3 Å². The summed E-state index contributed by atoms with van der Waals surface area (Å²) in [5.74, 6) is 1.60. The number of fused-ring (bicyclic) bond motifs is 4. The molecule has 4 heterocycles. The molecule has 224 valence electrons. The first-order valence-corrected chi connectivity index (χ1v) is 15.9. The van der Waals surface area contributed by atoms with Gasteiger partial charge < -0.3 is 4.42 Å². The van der Waals surface area contributed by atoms with E-state index < -0.39 is 0 Å². The Hall–Kier alpha value is -5.55. The van der Waals surface area contributed by atoms with Crippen LogP contribution in [0.5, 0.6) is 0 Å². The van der Waals surface area contributed by atoms with Crippen molar-refractivity contribution < 1.29 is 4.42 Å². The Bertz CT molecular complexity index is 2310. The average Bonchev–Trinajstić information content (AvgIpc) is 3.67. The van der Waals surface area contributed by atoms with Gasteiger partial charge in [-0.05, 0) is 47.7 Å². The van der Waals surface area contributed by atoms with Crippen LogP contribution in [0, 0.1) is 12.8 Å². The second kappa shape index (κ2) is 11.1. The van der Waals surface area contributed by atoms with E-state index in [0.29, 0.717) is 17.5 Å². The summed E-state index contributed by atoms with van der Waals surface area (Å²) >= 11 is 0. The molecule has 0 aliphatic heterocycles. The maximum Gasteiger partial charge on any atom is 0.227 e. The molecule has 1 atom stereocenters. The van der Waals surface area contributed by atoms with Crippen molar-refractivity contribution >= 4 is 33.1 Å². The molecule has 5 heteroatoms. The Morgan fingerprint density at radius 2 is 1.28 bits per heavy atom. The highest BCUT2D eigenvalue weighted by molar-refractivity contribution is 6.09. The molecule has 5 nitrogen and oxygen atoms in total. The Morgan fingerprint density at radius 1 is 0.630 bits per heavy atom. The lowest BCUT2D eigenvalue weighted by Crippen LogP contribution is -2.04. The average molecular weight is 599 g/mol. The van der Waals surface area contributed by atoms with E-state index in [1.165, 1.54) is 0 Å². The minimum Gasteiger partial charge on any atom is -0.437 e. The highest BCUT2D eigenvalue weighted by Crippen LogP contribution is 2.43. The summed E-state index contributed by atoms with van der Waals surface area (Å²) in [5, 5.41) is 2.03. The lowest BCUT2D eigenvalue weighted by Gasteiger charge is -2.20. The van der Waals surface area contributed by atoms with Crippen molar-refractivity contribution in [2.24, 2.45) is 5.92 Å². The summed E-state index contributed by atoms with van der Waals surface area (Å²) in [6.07, 6.45) is 3.77. The summed E-state index contributed by atoms with van der Waals surface area (Å²) in [6, 6.07) is 38.3. The van der Waals surface area contributed by atoms with Gasteiger partial charge in [-0.2, -0.15) is 0 Å². The number of nitrogens with zero attached hydrogens (tertiary/aromatic N) is 4. The number of pyridine rings is 2. The van der Waals surface area contributed by atoms with E-state index in [0.717, 1.165) is 78.0 Å². The lowest BCUT2D eigenvalue weighted by molar-refractivity contribution is 0.521. The SMILES string of the molecule is Cc1cncc2nc(-c3cccc4c3oc3nc(C(C)C(C)C)ccc34)n(-c3c(-c4ccccc4)cccc3-c3ccccc3)c12. The Kier molecular flexibility index (Phi) is 6.75. The molecule has 8 aromatic rings. The number of benzene rings is 4. The Balaban J connectivity index is 1.48. The molecule has 0 spiro atoms. The number of aromatic nitrogens is 4. The number of hydrogen-bond acceptors (Lipinski definition) is 4. The van der Waals surface area contributed by atoms with Crippen LogP contribution in [0.15, 0.2) is 126 Å². The van der Waals surface area contributed by atoms with Gasteiger partial charge in [-0.1, -0.05) is 112 Å². The molecule has 0 aliphatic rings. The van der Waals surface area contributed by atoms with Crippen LogP contribution in [0.2, 0.25) is 0 Å². The normalized spacial score (nSPS) is 12.5. The number of rotatable bonds is 6. The molecule has 0 amide bonds. The second-order valence-corrected chi connectivity index (χ2v) is 12.4. The maximum atomic E-state index is 6.68. The van der Waals surface area contributed by atoms with Crippen molar-refractivity contribution in [2.45, 2.75) is 33.6 Å². The molecule has 0 N–H and O–H groups in total. The molecule has 8 rings (SSSR count). The zero-order chi connectivity index (χ0) is 31.4. The van der Waals surface area contributed by atoms with E-state index in [4.69, 9.17) is 14.4 Å². The fourth-order valence-corrected chi connectivity index (χ4v) is 6.54. The van der Waals surface area contributed by atoms with Gasteiger partial charge in [-0.25, -0.2) is 9.97 Å². The molecule has 0 saturated carbocycles. The van der Waals surface area contributed by atoms with Gasteiger partial charge in [0.2, 0.25) is 5.71 Å². The van der Waals surface area contributed by atoms with Crippen LogP contribution >= 0.6 is 0 Å². The highest BCUT2D eigenvalue weighted by Gasteiger charge is 2.25. The molecular weight excluding hydrogens is 564 g/mol. The van der Waals surface area contributed by atoms with Crippen molar-refractivity contribution in [2.75, 3.05) is 0 Å². The smallest absolute Gasteiger partial charge is 0.227 e. The number of para-hydroxylation sites is 2. The van der Waals surface area contributed by atoms with E-state index in [9.17, 15) is 0 Å². The molecule has 4 aromatic heterocycles. The van der Waals surface area contributed by atoms with E-state index in [1.807, 2.05) is 12.4 Å². The molecule has 0 bridgehead atoms. The molecule has 0 aliphatic carbocycles. The molecule has 1 unspecified atom stereocenters. The number of furan rings is 1. The first-order valence-electron chi connectivity index (χ1n) is 15.9. The van der Waals surface area contributed by atoms with Crippen molar-refractivity contribution in [1.29, 1.82) is 0 Å². The summed E-state index contributed by atoms with van der Waals surface area (Å²) in [7, 11) is 0. The number of imidazole rings is 1. The Labute approximate surface area is 268 Å². The summed E-state index contributed by atoms with van der Waals surface area (Å²) in [5.41, 5.74) is 11.8. The first kappa shape index (κ1) is 28.0. The predicted molar refractivity (Wildman–Crippen MR) is 188 cm³/mol. The van der Waals surface area contributed by atoms with Gasteiger partial charge >= 0.3 is 0 Å². The molecular formula is C41H34N4O. The third kappa shape index (κ3) is 4.50. The minimum absolute atomic E-state index is 0.322. The third-order valence-corrected chi connectivity index (χ3v) is 9.27. The summed E-state index contributed by atoms with van der Waals surface area (Å²) < 4.78 is 8.99. The highest BCUT2D eigenvalue weighted by atomic mass is 16.3. The quantitative estimate of drug-likeness (QED) is 0.191. The largest absolute Gasteiger partial charge is 0.437 e. The van der Waals surface area contributed by atoms with Crippen molar-refractivity contribution in [3.05, 3.63) is 133 Å². The summed E-state index contributed by atoms with van der Waals surface area (Å²) in [6.45, 7) is 8.78. The van der Waals surface area contributed by atoms with Crippen LogP contribution < -0.4 is 0 Å². The first-order chi connectivity index (χ1) is 22.5. The number of hydrogen-bond donors (Lipinski definition) is 0. The van der Waals surface area contributed by atoms with Gasteiger partial charge in [0.15, 0.2) is 0 Å². The van der Waals surface area contributed by atoms with Crippen LogP contribution in [0.1, 0.15) is 37.9 Å². The van der Waals surface area contributed by atoms with Crippen molar-refractivity contribution in [3.63, 3.8) is 0 Å². The zero-order valence-electron chi connectivity index (χ0n) is 26.4. The molecule has 0 saturated heterocycles. The summed E-state index contributed by atoms with van der Waals surface area (Å²) in [4.78, 5) is 14.9. The zero-order valence-corrected chi connectivity index (χ0v) is 26.4. The molecule has 0 radical (unpaired) electrons. The molecule has 46 heavy (non-hydrogen) atoms. The van der Waals surface area contributed by atoms with Gasteiger partial charge in [0.05, 0.1) is 23.0 Å². The molecule has 0 fully saturated rings. The second-order valence-electron chi connectivity index (χ2n) is 12.4. The van der Waals surface area contributed by atoms with E-state index in [2.05, 4.69) is 146 Å². The third-order valence-electron chi connectivity index (χ3n) is 9.27. The molecule has 4 aromatic carbocycles. The standard InChI is InChI=1S/C41H34N4O/c1-25(2)27(4)35-22-21-33-32-19-12-20-34(39(32)46-41(33)44-35)40-43-36-24-42-23-26(3)37(36)45(40)38-30(28-13-7-5-8-14-28)17-11-18-31(38)29-15-9-6-10-16-29/h5-25,27H,1-4H3. The van der Waals surface area contributed by atoms with E-state index >= 15 is 0 Å². The van der Waals surface area contributed by atoms with Gasteiger partial charge in [0.25, 0.3) is 0 Å². The Morgan fingerprint density at radius 3 is 1.96 bits per heavy atom. The number of aryl methyl sites for hydroxylation is 1. The lowest BCUT2D eigenvalue weighted by atomic mass is 9.94. The minimum atomic E-state index is 0.322. The van der Waals surface area contributed by atoms with Gasteiger partial charge in [0, 0.05) is 39.7 Å². The van der Waals surface area contributed by atoms with E-state index in [1.54, 1.807) is 0 Å². The van der Waals surface area contributed by atoms with Crippen LogP contribution in [0.25, 0.3) is 72.4 Å². The fraction of sp³-hybridized carbons (Fsp3) is 0.146. The van der Waals surface area contributed by atoms with Crippen molar-refractivity contribution in [1.82, 2.24) is 19.5 Å². The van der Waals surface area contributed by atoms with E-state index in [-0.39, 0.29) is 0 Å². The maximum absolute atomic E-state index is 6.68. The van der Waals surface area contributed by atoms with Crippen LogP contribution in [-0.2, 0) is 0 Å².